The number of nitrogens with one attached hydrogen (secondary N) is 1. The Morgan fingerprint density at radius 3 is 1.69 bits per heavy atom. The standard InChI is InChI=1S/C42H37N5O6S2/c43-28-36(48)47(34-24-14-5-15-25-34,39-44-45-40(54)55-39)38(51)35(26-27-37(49)50)46(41(52)53-29-30-16-6-1-7-17-30)42(31-18-8-2-9-19-31,32-20-10-3-11-21-32)33-22-12-4-13-23-33/h1-25,35H,26-29,43H2,(H-,45,49,50,54)/p+1/t35-,47?/m0/s1. The molecule has 0 bridgehead atoms. The molecular formula is C42H38N5O6S2+. The number of nitrogens with zero attached hydrogens (tertiary/aromatic N) is 3. The number of carboxylic acid groups (broad SMARTS) is 1. The average Bonchev–Trinajstić information content (AvgIpc) is 3.67. The summed E-state index contributed by atoms with van der Waals surface area (Å²) in [6.45, 7) is -0.788. The second-order valence-electron chi connectivity index (χ2n) is 12.5. The van der Waals surface area contributed by atoms with E-state index in [0.717, 1.165) is 11.3 Å². The topological polar surface area (TPSA) is 156 Å². The third-order valence-electron chi connectivity index (χ3n) is 9.30. The Balaban J connectivity index is 1.74. The van der Waals surface area contributed by atoms with Gasteiger partial charge in [0.2, 0.25) is 0 Å². The van der Waals surface area contributed by atoms with Crippen LogP contribution in [0.2, 0.25) is 0 Å². The molecule has 5 aromatic carbocycles. The predicted molar refractivity (Wildman–Crippen MR) is 213 cm³/mol. The van der Waals surface area contributed by atoms with Crippen LogP contribution in [-0.2, 0) is 31.3 Å². The highest BCUT2D eigenvalue weighted by atomic mass is 32.1. The number of benzene rings is 5. The van der Waals surface area contributed by atoms with Gasteiger partial charge in [0.15, 0.2) is 15.7 Å². The number of H-pyrrole nitrogens is 1. The number of carbonyl (C=O) groups is 4. The Labute approximate surface area is 326 Å². The van der Waals surface area contributed by atoms with Gasteiger partial charge in [-0.25, -0.2) is 14.4 Å². The number of hydrogen-bond donors (Lipinski definition) is 3. The lowest BCUT2D eigenvalue weighted by molar-refractivity contribution is -0.144. The molecular weight excluding hydrogens is 735 g/mol. The summed E-state index contributed by atoms with van der Waals surface area (Å²) >= 11 is 6.31. The molecule has 1 heterocycles. The summed E-state index contributed by atoms with van der Waals surface area (Å²) in [6, 6.07) is 43.0. The van der Waals surface area contributed by atoms with Crippen LogP contribution in [0.25, 0.3) is 0 Å². The first-order valence-electron chi connectivity index (χ1n) is 17.4. The minimum absolute atomic E-state index is 0.0562. The number of aromatic nitrogens is 2. The van der Waals surface area contributed by atoms with Gasteiger partial charge in [-0.15, -0.1) is 9.58 Å². The van der Waals surface area contributed by atoms with Crippen molar-refractivity contribution >= 4 is 58.3 Å². The lowest BCUT2D eigenvalue weighted by Gasteiger charge is -2.48. The summed E-state index contributed by atoms with van der Waals surface area (Å²) in [5.41, 5.74) is 7.03. The van der Waals surface area contributed by atoms with Crippen LogP contribution in [0.1, 0.15) is 35.1 Å². The van der Waals surface area contributed by atoms with Crippen molar-refractivity contribution in [2.45, 2.75) is 31.0 Å². The van der Waals surface area contributed by atoms with Gasteiger partial charge in [0.05, 0.1) is 0 Å². The van der Waals surface area contributed by atoms with Gasteiger partial charge in [-0.3, -0.25) is 14.8 Å². The van der Waals surface area contributed by atoms with E-state index in [0.29, 0.717) is 22.3 Å². The molecule has 4 N–H and O–H groups in total. The monoisotopic (exact) mass is 772 g/mol. The van der Waals surface area contributed by atoms with Gasteiger partial charge in [0, 0.05) is 18.6 Å². The lowest BCUT2D eigenvalue weighted by atomic mass is 9.74. The van der Waals surface area contributed by atoms with Crippen LogP contribution in [-0.4, -0.2) is 56.7 Å². The molecule has 0 fully saturated rings. The van der Waals surface area contributed by atoms with Crippen LogP contribution in [0.15, 0.2) is 152 Å². The van der Waals surface area contributed by atoms with E-state index >= 15 is 9.59 Å². The number of nitrogens with two attached hydrogens (primary N) is 1. The van der Waals surface area contributed by atoms with Crippen molar-refractivity contribution in [3.8, 4) is 0 Å². The summed E-state index contributed by atoms with van der Waals surface area (Å²) in [4.78, 5) is 59.9. The van der Waals surface area contributed by atoms with E-state index in [1.165, 1.54) is 4.90 Å². The predicted octanol–water partition coefficient (Wildman–Crippen LogP) is 7.72. The third-order valence-corrected chi connectivity index (χ3v) is 10.5. The molecule has 0 saturated carbocycles. The van der Waals surface area contributed by atoms with Crippen LogP contribution < -0.4 is 10.2 Å². The Bertz CT molecular complexity index is 2190. The second-order valence-corrected chi connectivity index (χ2v) is 14.1. The molecule has 0 radical (unpaired) electrons. The molecule has 3 amide bonds. The van der Waals surface area contributed by atoms with Crippen molar-refractivity contribution in [1.82, 2.24) is 19.6 Å². The highest BCUT2D eigenvalue weighted by Crippen LogP contribution is 2.47. The molecule has 13 heteroatoms. The first kappa shape index (κ1) is 38.6. The molecule has 1 unspecified atom stereocenters. The Morgan fingerprint density at radius 1 is 0.782 bits per heavy atom. The minimum atomic E-state index is -1.67. The Kier molecular flexibility index (Phi) is 12.2. The fraction of sp³-hybridized carbons (Fsp3) is 0.143. The van der Waals surface area contributed by atoms with E-state index in [-0.39, 0.29) is 21.4 Å². The summed E-state index contributed by atoms with van der Waals surface area (Å²) in [5.74, 6) is -2.89. The Hall–Kier alpha value is -6.12. The first-order valence-corrected chi connectivity index (χ1v) is 18.6. The number of imide groups is 1. The molecule has 278 valence electrons. The molecule has 0 aliphatic rings. The summed E-state index contributed by atoms with van der Waals surface area (Å²) in [7, 11) is 0. The highest BCUT2D eigenvalue weighted by Gasteiger charge is 2.60. The van der Waals surface area contributed by atoms with Gasteiger partial charge in [-0.1, -0.05) is 140 Å². The van der Waals surface area contributed by atoms with Gasteiger partial charge >= 0.3 is 29.0 Å². The summed E-state index contributed by atoms with van der Waals surface area (Å²) in [6.07, 6.45) is -1.93. The van der Waals surface area contributed by atoms with E-state index < -0.39 is 59.3 Å². The molecule has 1 aromatic heterocycles. The number of carbonyl (C=O) groups excluding carboxylic acids is 3. The van der Waals surface area contributed by atoms with Gasteiger partial charge in [0.1, 0.15) is 18.7 Å². The summed E-state index contributed by atoms with van der Waals surface area (Å²) < 4.78 is 5.13. The second kappa shape index (κ2) is 17.3. The number of carboxylic acids is 1. The maximum absolute atomic E-state index is 16.1. The van der Waals surface area contributed by atoms with Gasteiger partial charge < -0.3 is 15.6 Å². The van der Waals surface area contributed by atoms with Crippen LogP contribution in [0.4, 0.5) is 15.6 Å². The van der Waals surface area contributed by atoms with E-state index in [1.807, 2.05) is 109 Å². The molecule has 55 heavy (non-hydrogen) atoms. The van der Waals surface area contributed by atoms with Crippen LogP contribution >= 0.6 is 23.6 Å². The van der Waals surface area contributed by atoms with Gasteiger partial charge in [0.25, 0.3) is 0 Å². The zero-order valence-electron chi connectivity index (χ0n) is 29.6. The molecule has 11 nitrogen and oxygen atoms in total. The smallest absolute Gasteiger partial charge is 0.412 e. The highest BCUT2D eigenvalue weighted by molar-refractivity contribution is 7.73. The largest absolute Gasteiger partial charge is 0.481 e. The minimum Gasteiger partial charge on any atom is -0.481 e. The van der Waals surface area contributed by atoms with Crippen molar-refractivity contribution in [2.24, 2.45) is 5.73 Å². The van der Waals surface area contributed by atoms with E-state index in [9.17, 15) is 14.7 Å². The first-order chi connectivity index (χ1) is 26.7. The van der Waals surface area contributed by atoms with E-state index in [2.05, 4.69) is 10.2 Å². The maximum atomic E-state index is 16.1. The molecule has 0 aliphatic heterocycles. The molecule has 6 aromatic rings. The molecule has 0 aliphatic carbocycles. The normalized spacial score (nSPS) is 12.9. The van der Waals surface area contributed by atoms with E-state index in [1.54, 1.807) is 42.5 Å². The number of amides is 3. The number of aliphatic carboxylic acids is 1. The summed E-state index contributed by atoms with van der Waals surface area (Å²) in [5, 5.41) is 17.2. The number of hydrogen-bond acceptors (Lipinski definition) is 9. The fourth-order valence-corrected chi connectivity index (χ4v) is 8.00. The molecule has 0 spiro atoms. The number of quaternary nitrogens is 1. The van der Waals surface area contributed by atoms with Crippen LogP contribution in [0, 0.1) is 3.95 Å². The lowest BCUT2D eigenvalue weighted by Crippen LogP contribution is -2.67. The number of para-hydroxylation sites is 1. The van der Waals surface area contributed by atoms with E-state index in [4.69, 9.17) is 22.7 Å². The quantitative estimate of drug-likeness (QED) is 0.0574. The fourth-order valence-electron chi connectivity index (χ4n) is 6.95. The number of rotatable bonds is 14. The van der Waals surface area contributed by atoms with Crippen molar-refractivity contribution in [3.63, 3.8) is 0 Å². The third kappa shape index (κ3) is 7.64. The molecule has 2 atom stereocenters. The van der Waals surface area contributed by atoms with Crippen molar-refractivity contribution in [1.29, 1.82) is 0 Å². The zero-order valence-corrected chi connectivity index (χ0v) is 31.2. The Morgan fingerprint density at radius 2 is 1.25 bits per heavy atom. The molecule has 0 saturated heterocycles. The SMILES string of the molecule is NCC(=O)[N+](C(=O)[C@H](CCC(=O)O)N(C(=O)OCc1ccccc1)C(c1ccccc1)(c1ccccc1)c1ccccc1)(c1ccccc1)c1n[nH]c(=S)s1. The zero-order chi connectivity index (χ0) is 38.8. The van der Waals surface area contributed by atoms with Gasteiger partial charge in [-0.2, -0.15) is 0 Å². The van der Waals surface area contributed by atoms with Crippen LogP contribution in [0.3, 0.4) is 0 Å². The van der Waals surface area contributed by atoms with Crippen LogP contribution in [0.5, 0.6) is 0 Å². The van der Waals surface area contributed by atoms with Gasteiger partial charge in [-0.05, 0) is 52.2 Å². The number of aromatic amines is 1. The van der Waals surface area contributed by atoms with Crippen molar-refractivity contribution < 1.29 is 29.0 Å². The molecule has 6 rings (SSSR count). The maximum Gasteiger partial charge on any atom is 0.412 e. The average molecular weight is 773 g/mol. The van der Waals surface area contributed by atoms with Crippen molar-refractivity contribution in [3.05, 3.63) is 178 Å². The number of ether oxygens (including phenoxy) is 1. The van der Waals surface area contributed by atoms with Crippen molar-refractivity contribution in [2.75, 3.05) is 6.54 Å².